The number of benzene rings is 2. The molecule has 0 radical (unpaired) electrons. The first-order valence-electron chi connectivity index (χ1n) is 13.3. The van der Waals surface area contributed by atoms with Crippen LogP contribution in [-0.4, -0.2) is 96.4 Å². The van der Waals surface area contributed by atoms with Crippen molar-refractivity contribution in [3.8, 4) is 11.5 Å². The Morgan fingerprint density at radius 3 is 2.68 bits per heavy atom. The van der Waals surface area contributed by atoms with Gasteiger partial charge in [-0.25, -0.2) is 21.6 Å². The number of amides is 1. The maximum atomic E-state index is 13.3. The highest BCUT2D eigenvalue weighted by Crippen LogP contribution is 2.38. The number of anilines is 1. The van der Waals surface area contributed by atoms with Crippen molar-refractivity contribution in [2.45, 2.75) is 46.8 Å². The molecule has 4 N–H and O–H groups in total. The molecule has 2 fully saturated rings. The fraction of sp³-hybridized carbons (Fsp3) is 0.500. The minimum Gasteiger partial charge on any atom is -0.491 e. The molecule has 2 aromatic carbocycles. The lowest BCUT2D eigenvalue weighted by atomic mass is 9.88. The largest absolute Gasteiger partial charge is 0.491 e. The molecule has 3 aliphatic heterocycles. The highest BCUT2D eigenvalue weighted by atomic mass is 32.2. The van der Waals surface area contributed by atoms with Gasteiger partial charge < -0.3 is 30.0 Å². The summed E-state index contributed by atoms with van der Waals surface area (Å²) < 4.78 is 71.3. The highest BCUT2D eigenvalue weighted by Gasteiger charge is 2.44. The standard InChI is InChI=1S/C26H34N4O9S2/c1-27-40(33,34)21-4-2-3-20(11-21)37-16-19(31)14-28-18-13-26(39-15-18)7-9-30(10-8-26)41(35,36)22-5-6-24-23(12-22)29-25(32)17-38-24/h2-6,11-12,18-19,27-28,31H,7-10,13-17H2,1H3,(H,29,32). The zero-order chi connectivity index (χ0) is 29.3. The van der Waals surface area contributed by atoms with Crippen LogP contribution in [0.15, 0.2) is 52.3 Å². The smallest absolute Gasteiger partial charge is 0.262 e. The van der Waals surface area contributed by atoms with E-state index in [9.17, 15) is 26.7 Å². The van der Waals surface area contributed by atoms with Crippen molar-refractivity contribution in [1.29, 1.82) is 0 Å². The van der Waals surface area contributed by atoms with Gasteiger partial charge in [0.2, 0.25) is 20.0 Å². The SMILES string of the molecule is CNS(=O)(=O)c1cccc(OCC(O)CNC2COC3(CCN(S(=O)(=O)c4ccc5c(c4)NC(=O)CO5)CC3)C2)c1. The van der Waals surface area contributed by atoms with Crippen LogP contribution in [0.5, 0.6) is 11.5 Å². The van der Waals surface area contributed by atoms with Crippen LogP contribution in [-0.2, 0) is 29.6 Å². The molecule has 13 nitrogen and oxygen atoms in total. The molecule has 2 saturated heterocycles. The monoisotopic (exact) mass is 610 g/mol. The number of rotatable bonds is 10. The lowest BCUT2D eigenvalue weighted by Crippen LogP contribution is -2.47. The molecular formula is C26H34N4O9S2. The first kappa shape index (κ1) is 29.7. The second-order valence-electron chi connectivity index (χ2n) is 10.3. The van der Waals surface area contributed by atoms with Crippen LogP contribution in [0.1, 0.15) is 19.3 Å². The van der Waals surface area contributed by atoms with Crippen LogP contribution in [0.25, 0.3) is 0 Å². The summed E-state index contributed by atoms with van der Waals surface area (Å²) in [5, 5.41) is 16.3. The Bertz CT molecular complexity index is 1490. The van der Waals surface area contributed by atoms with Crippen LogP contribution in [0.2, 0.25) is 0 Å². The van der Waals surface area contributed by atoms with Gasteiger partial charge in [-0.3, -0.25) is 4.79 Å². The summed E-state index contributed by atoms with van der Waals surface area (Å²) in [6.07, 6.45) is 0.912. The molecule has 2 unspecified atom stereocenters. The summed E-state index contributed by atoms with van der Waals surface area (Å²) in [6.45, 7) is 1.16. The van der Waals surface area contributed by atoms with Gasteiger partial charge in [-0.1, -0.05) is 6.07 Å². The number of hydrogen-bond acceptors (Lipinski definition) is 10. The van der Waals surface area contributed by atoms with E-state index >= 15 is 0 Å². The molecule has 3 heterocycles. The summed E-state index contributed by atoms with van der Waals surface area (Å²) in [7, 11) is -6.03. The number of nitrogens with zero attached hydrogens (tertiary/aromatic N) is 1. The van der Waals surface area contributed by atoms with Crippen molar-refractivity contribution < 1.29 is 40.9 Å². The molecule has 5 rings (SSSR count). The Balaban J connectivity index is 1.09. The first-order chi connectivity index (χ1) is 19.5. The lowest BCUT2D eigenvalue weighted by molar-refractivity contribution is -0.118. The molecule has 2 atom stereocenters. The number of sulfonamides is 2. The number of piperidine rings is 1. The highest BCUT2D eigenvalue weighted by molar-refractivity contribution is 7.89. The maximum absolute atomic E-state index is 13.3. The Hall–Kier alpha value is -2.79. The van der Waals surface area contributed by atoms with E-state index in [0.717, 1.165) is 0 Å². The fourth-order valence-electron chi connectivity index (χ4n) is 5.23. The Kier molecular flexibility index (Phi) is 8.57. The molecule has 224 valence electrons. The molecule has 1 amide bonds. The van der Waals surface area contributed by atoms with Crippen molar-refractivity contribution in [2.75, 3.05) is 51.8 Å². The van der Waals surface area contributed by atoms with Crippen molar-refractivity contribution in [3.05, 3.63) is 42.5 Å². The quantitative estimate of drug-likeness (QED) is 0.293. The molecule has 41 heavy (non-hydrogen) atoms. The zero-order valence-electron chi connectivity index (χ0n) is 22.5. The van der Waals surface area contributed by atoms with Crippen molar-refractivity contribution in [3.63, 3.8) is 0 Å². The van der Waals surface area contributed by atoms with Gasteiger partial charge in [0, 0.05) is 31.7 Å². The van der Waals surface area contributed by atoms with E-state index in [1.807, 2.05) is 0 Å². The van der Waals surface area contributed by atoms with Crippen LogP contribution in [0.3, 0.4) is 0 Å². The topological polar surface area (TPSA) is 173 Å². The maximum Gasteiger partial charge on any atom is 0.262 e. The minimum atomic E-state index is -3.76. The van der Waals surface area contributed by atoms with Gasteiger partial charge in [-0.05, 0) is 56.6 Å². The average molecular weight is 611 g/mol. The van der Waals surface area contributed by atoms with E-state index in [0.29, 0.717) is 56.1 Å². The van der Waals surface area contributed by atoms with E-state index in [4.69, 9.17) is 14.2 Å². The van der Waals surface area contributed by atoms with Crippen molar-refractivity contribution in [1.82, 2.24) is 14.3 Å². The molecule has 0 aliphatic carbocycles. The van der Waals surface area contributed by atoms with Crippen LogP contribution >= 0.6 is 0 Å². The number of fused-ring (bicyclic) bond motifs is 1. The Labute approximate surface area is 239 Å². The third-order valence-electron chi connectivity index (χ3n) is 7.53. The van der Waals surface area contributed by atoms with Crippen LogP contribution < -0.4 is 24.8 Å². The second kappa shape index (κ2) is 11.8. The number of carbonyl (C=O) groups excluding carboxylic acids is 1. The first-order valence-corrected chi connectivity index (χ1v) is 16.2. The zero-order valence-corrected chi connectivity index (χ0v) is 24.2. The number of ether oxygens (including phenoxy) is 3. The number of carbonyl (C=O) groups is 1. The number of hydrogen-bond donors (Lipinski definition) is 4. The van der Waals surface area contributed by atoms with Gasteiger partial charge in [0.1, 0.15) is 24.2 Å². The third kappa shape index (κ3) is 6.66. The predicted octanol–water partition coefficient (Wildman–Crippen LogP) is 0.267. The fourth-order valence-corrected chi connectivity index (χ4v) is 7.47. The summed E-state index contributed by atoms with van der Waals surface area (Å²) in [5.74, 6) is 0.435. The van der Waals surface area contributed by atoms with Gasteiger partial charge in [0.05, 0.1) is 27.7 Å². The van der Waals surface area contributed by atoms with E-state index in [2.05, 4.69) is 15.4 Å². The van der Waals surface area contributed by atoms with Gasteiger partial charge in [0.25, 0.3) is 5.91 Å². The van der Waals surface area contributed by atoms with Crippen LogP contribution in [0, 0.1) is 0 Å². The van der Waals surface area contributed by atoms with Gasteiger partial charge in [0.15, 0.2) is 6.61 Å². The molecule has 2 aromatic rings. The molecule has 3 aliphatic rings. The van der Waals surface area contributed by atoms with E-state index in [1.54, 1.807) is 18.2 Å². The van der Waals surface area contributed by atoms with E-state index in [1.165, 1.54) is 35.6 Å². The lowest BCUT2D eigenvalue weighted by Gasteiger charge is -2.38. The third-order valence-corrected chi connectivity index (χ3v) is 10.8. The molecule has 15 heteroatoms. The van der Waals surface area contributed by atoms with Crippen molar-refractivity contribution >= 4 is 31.6 Å². The van der Waals surface area contributed by atoms with Crippen LogP contribution in [0.4, 0.5) is 5.69 Å². The van der Waals surface area contributed by atoms with Crippen molar-refractivity contribution in [2.24, 2.45) is 0 Å². The minimum absolute atomic E-state index is 0.0128. The second-order valence-corrected chi connectivity index (χ2v) is 14.2. The van der Waals surface area contributed by atoms with E-state index in [-0.39, 0.29) is 41.5 Å². The van der Waals surface area contributed by atoms with E-state index < -0.39 is 31.8 Å². The molecule has 0 aromatic heterocycles. The normalized spacial score (nSPS) is 21.6. The number of aliphatic hydroxyl groups is 1. The molecular weight excluding hydrogens is 576 g/mol. The van der Waals surface area contributed by atoms with Gasteiger partial charge in [-0.15, -0.1) is 0 Å². The predicted molar refractivity (Wildman–Crippen MR) is 148 cm³/mol. The number of aliphatic hydroxyl groups excluding tert-OH is 1. The Morgan fingerprint density at radius 1 is 1.15 bits per heavy atom. The summed E-state index contributed by atoms with van der Waals surface area (Å²) >= 11 is 0. The molecule has 0 bridgehead atoms. The average Bonchev–Trinajstić information content (AvgIpc) is 3.36. The van der Waals surface area contributed by atoms with Gasteiger partial charge in [-0.2, -0.15) is 4.31 Å². The molecule has 1 spiro atoms. The Morgan fingerprint density at radius 2 is 1.93 bits per heavy atom. The van der Waals surface area contributed by atoms with Gasteiger partial charge >= 0.3 is 0 Å². The number of nitrogens with one attached hydrogen (secondary N) is 3. The summed E-state index contributed by atoms with van der Waals surface area (Å²) in [4.78, 5) is 11.8. The summed E-state index contributed by atoms with van der Waals surface area (Å²) in [5.41, 5.74) is -0.103. The summed E-state index contributed by atoms with van der Waals surface area (Å²) in [6, 6.07) is 10.5. The molecule has 0 saturated carbocycles.